The van der Waals surface area contributed by atoms with E-state index in [4.69, 9.17) is 9.47 Å². The predicted molar refractivity (Wildman–Crippen MR) is 156 cm³/mol. The lowest BCUT2D eigenvalue weighted by molar-refractivity contribution is -0.120. The Morgan fingerprint density at radius 3 is 2.00 bits per heavy atom. The average molecular weight is 647 g/mol. The Hall–Kier alpha value is -4.84. The van der Waals surface area contributed by atoms with Crippen molar-refractivity contribution in [3.8, 4) is 11.5 Å². The molecular weight excluding hydrogens is 625 g/mol. The maximum absolute atomic E-state index is 12.7. The Morgan fingerprint density at radius 2 is 1.35 bits per heavy atom. The zero-order chi connectivity index (χ0) is 28.3. The molecule has 0 fully saturated rings. The number of carbonyl (C=O) groups excluding carboxylic acids is 4. The van der Waals surface area contributed by atoms with Gasteiger partial charge in [-0.05, 0) is 71.1 Å². The largest absolute Gasteiger partial charge is 0.423 e. The molecule has 0 aliphatic rings. The van der Waals surface area contributed by atoms with Gasteiger partial charge >= 0.3 is 11.9 Å². The highest BCUT2D eigenvalue weighted by Gasteiger charge is 2.15. The molecule has 200 valence electrons. The number of carbonyl (C=O) groups is 4. The summed E-state index contributed by atoms with van der Waals surface area (Å²) in [7, 11) is 0. The van der Waals surface area contributed by atoms with Crippen molar-refractivity contribution in [2.45, 2.75) is 0 Å². The molecule has 0 saturated carbocycles. The van der Waals surface area contributed by atoms with Gasteiger partial charge in [-0.2, -0.15) is 5.10 Å². The second kappa shape index (κ2) is 13.8. The van der Waals surface area contributed by atoms with Crippen molar-refractivity contribution in [3.63, 3.8) is 0 Å². The molecule has 0 saturated heterocycles. The third-order valence-corrected chi connectivity index (χ3v) is 6.28. The minimum atomic E-state index is -0.635. The van der Waals surface area contributed by atoms with E-state index in [0.29, 0.717) is 22.3 Å². The molecule has 0 heterocycles. The van der Waals surface area contributed by atoms with Crippen LogP contribution in [0.3, 0.4) is 0 Å². The zero-order valence-electron chi connectivity index (χ0n) is 20.9. The highest BCUT2D eigenvalue weighted by atomic mass is 127. The van der Waals surface area contributed by atoms with Crippen LogP contribution in [0.5, 0.6) is 11.5 Å². The minimum absolute atomic E-state index is 0.0529. The lowest BCUT2D eigenvalue weighted by Gasteiger charge is -2.11. The van der Waals surface area contributed by atoms with Crippen molar-refractivity contribution >= 4 is 52.6 Å². The molecule has 0 spiro atoms. The number of benzene rings is 4. The fourth-order valence-electron chi connectivity index (χ4n) is 3.36. The van der Waals surface area contributed by atoms with Gasteiger partial charge in [-0.25, -0.2) is 15.0 Å². The van der Waals surface area contributed by atoms with Gasteiger partial charge in [0.15, 0.2) is 0 Å². The van der Waals surface area contributed by atoms with Crippen molar-refractivity contribution in [2.75, 3.05) is 6.54 Å². The molecule has 0 aliphatic carbocycles. The van der Waals surface area contributed by atoms with E-state index in [0.717, 1.165) is 3.57 Å². The van der Waals surface area contributed by atoms with Gasteiger partial charge in [0.2, 0.25) is 0 Å². The third kappa shape index (κ3) is 7.84. The maximum atomic E-state index is 12.7. The van der Waals surface area contributed by atoms with Crippen molar-refractivity contribution in [1.82, 2.24) is 10.7 Å². The Labute approximate surface area is 243 Å². The van der Waals surface area contributed by atoms with Gasteiger partial charge in [0.1, 0.15) is 11.5 Å². The van der Waals surface area contributed by atoms with Crippen molar-refractivity contribution in [1.29, 1.82) is 0 Å². The van der Waals surface area contributed by atoms with E-state index in [1.165, 1.54) is 24.4 Å². The SMILES string of the molecule is O=C(CNC(=O)c1ccccc1I)N/N=C/c1ccc(OC(=O)c2ccccc2)cc1OC(=O)c1ccccc1. The number of rotatable bonds is 9. The molecule has 2 N–H and O–H groups in total. The lowest BCUT2D eigenvalue weighted by atomic mass is 10.2. The topological polar surface area (TPSA) is 123 Å². The smallest absolute Gasteiger partial charge is 0.343 e. The van der Waals surface area contributed by atoms with Gasteiger partial charge in [0.05, 0.1) is 29.4 Å². The Kier molecular flexibility index (Phi) is 9.72. The number of nitrogens with zero attached hydrogens (tertiary/aromatic N) is 1. The monoisotopic (exact) mass is 647 g/mol. The van der Waals surface area contributed by atoms with Crippen LogP contribution in [0.15, 0.2) is 108 Å². The van der Waals surface area contributed by atoms with Crippen LogP contribution in [0.2, 0.25) is 0 Å². The molecule has 0 aromatic heterocycles. The lowest BCUT2D eigenvalue weighted by Crippen LogP contribution is -2.35. The van der Waals surface area contributed by atoms with E-state index in [-0.39, 0.29) is 24.0 Å². The standard InChI is InChI=1S/C30H22IN3O6/c31-25-14-8-7-13-24(25)28(36)32-19-27(35)34-33-18-22-15-16-23(39-29(37)20-9-3-1-4-10-20)17-26(22)40-30(38)21-11-5-2-6-12-21/h1-18H,19H2,(H,32,36)(H,34,35)/b33-18+. The quantitative estimate of drug-likeness (QED) is 0.0900. The van der Waals surface area contributed by atoms with Crippen molar-refractivity contribution < 1.29 is 28.7 Å². The second-order valence-electron chi connectivity index (χ2n) is 8.17. The summed E-state index contributed by atoms with van der Waals surface area (Å²) in [5, 5.41) is 6.45. The number of hydrogen-bond acceptors (Lipinski definition) is 7. The summed E-state index contributed by atoms with van der Waals surface area (Å²) < 4.78 is 11.8. The molecule has 40 heavy (non-hydrogen) atoms. The Bertz CT molecular complexity index is 1560. The minimum Gasteiger partial charge on any atom is -0.423 e. The fraction of sp³-hybridized carbons (Fsp3) is 0.0333. The first-order valence-corrected chi connectivity index (χ1v) is 13.0. The van der Waals surface area contributed by atoms with Crippen molar-refractivity contribution in [3.05, 3.63) is 129 Å². The van der Waals surface area contributed by atoms with Crippen LogP contribution in [-0.4, -0.2) is 36.5 Å². The van der Waals surface area contributed by atoms with E-state index in [9.17, 15) is 19.2 Å². The molecule has 0 bridgehead atoms. The molecule has 0 radical (unpaired) electrons. The van der Waals surface area contributed by atoms with Gasteiger partial charge in [0, 0.05) is 15.2 Å². The van der Waals surface area contributed by atoms with Crippen molar-refractivity contribution in [2.24, 2.45) is 5.10 Å². The van der Waals surface area contributed by atoms with Gasteiger partial charge in [-0.1, -0.05) is 48.5 Å². The number of halogens is 1. The Morgan fingerprint density at radius 1 is 0.750 bits per heavy atom. The van der Waals surface area contributed by atoms with Crippen LogP contribution < -0.4 is 20.2 Å². The van der Waals surface area contributed by atoms with Crippen LogP contribution in [0.4, 0.5) is 0 Å². The highest BCUT2D eigenvalue weighted by molar-refractivity contribution is 14.1. The number of amides is 2. The Balaban J connectivity index is 1.45. The van der Waals surface area contributed by atoms with Crippen LogP contribution in [0, 0.1) is 3.57 Å². The third-order valence-electron chi connectivity index (χ3n) is 5.34. The first-order chi connectivity index (χ1) is 19.4. The predicted octanol–water partition coefficient (Wildman–Crippen LogP) is 4.61. The van der Waals surface area contributed by atoms with E-state index < -0.39 is 17.8 Å². The molecule has 2 amide bonds. The molecule has 0 unspecified atom stereocenters. The van der Waals surface area contributed by atoms with E-state index >= 15 is 0 Å². The van der Waals surface area contributed by atoms with Gasteiger partial charge in [-0.15, -0.1) is 0 Å². The fourth-order valence-corrected chi connectivity index (χ4v) is 3.99. The molecule has 4 aromatic rings. The first kappa shape index (κ1) is 28.2. The normalized spacial score (nSPS) is 10.5. The molecule has 4 rings (SSSR count). The van der Waals surface area contributed by atoms with Gasteiger partial charge in [0.25, 0.3) is 11.8 Å². The average Bonchev–Trinajstić information content (AvgIpc) is 2.98. The van der Waals surface area contributed by atoms with E-state index in [2.05, 4.69) is 15.8 Å². The van der Waals surface area contributed by atoms with E-state index in [1.807, 2.05) is 28.7 Å². The summed E-state index contributed by atoms with van der Waals surface area (Å²) in [4.78, 5) is 49.7. The van der Waals surface area contributed by atoms with Crippen LogP contribution in [0.1, 0.15) is 36.6 Å². The molecule has 9 nitrogen and oxygen atoms in total. The highest BCUT2D eigenvalue weighted by Crippen LogP contribution is 2.26. The van der Waals surface area contributed by atoms with Crippen LogP contribution >= 0.6 is 22.6 Å². The summed E-state index contributed by atoms with van der Waals surface area (Å²) in [5.41, 5.74) is 3.77. The number of ether oxygens (including phenoxy) is 2. The zero-order valence-corrected chi connectivity index (χ0v) is 23.0. The molecule has 0 aliphatic heterocycles. The molecule has 10 heteroatoms. The van der Waals surface area contributed by atoms with Gasteiger partial charge in [-0.3, -0.25) is 9.59 Å². The van der Waals surface area contributed by atoms with Crippen LogP contribution in [-0.2, 0) is 4.79 Å². The number of nitrogens with one attached hydrogen (secondary N) is 2. The number of esters is 2. The summed E-state index contributed by atoms with van der Waals surface area (Å²) in [6.07, 6.45) is 1.27. The molecular formula is C30H22IN3O6. The summed E-state index contributed by atoms with van der Waals surface area (Å²) in [6.45, 7) is -0.300. The van der Waals surface area contributed by atoms with E-state index in [1.54, 1.807) is 78.9 Å². The number of hydrogen-bond donors (Lipinski definition) is 2. The number of hydrazone groups is 1. The van der Waals surface area contributed by atoms with Crippen LogP contribution in [0.25, 0.3) is 0 Å². The molecule has 0 atom stereocenters. The second-order valence-corrected chi connectivity index (χ2v) is 9.33. The maximum Gasteiger partial charge on any atom is 0.343 e. The summed E-state index contributed by atoms with van der Waals surface area (Å²) in [6, 6.07) is 28.2. The summed E-state index contributed by atoms with van der Waals surface area (Å²) >= 11 is 2.04. The summed E-state index contributed by atoms with van der Waals surface area (Å²) in [5.74, 6) is -1.97. The first-order valence-electron chi connectivity index (χ1n) is 11.9. The van der Waals surface area contributed by atoms with Gasteiger partial charge < -0.3 is 14.8 Å². The molecule has 4 aromatic carbocycles.